The fraction of sp³-hybridized carbons (Fsp3) is 0.357. The molecule has 1 aromatic heterocycles. The predicted molar refractivity (Wildman–Crippen MR) is 80.4 cm³/mol. The summed E-state index contributed by atoms with van der Waals surface area (Å²) in [6, 6.07) is 5.44. The maximum Gasteiger partial charge on any atom is 0.241 e. The second kappa shape index (κ2) is 6.18. The lowest BCUT2D eigenvalue weighted by molar-refractivity contribution is -0.128. The van der Waals surface area contributed by atoms with Gasteiger partial charge in [-0.05, 0) is 32.0 Å². The second-order valence-corrected chi connectivity index (χ2v) is 4.42. The molecule has 0 fully saturated rings. The number of carbonyl (C=O) groups is 1. The number of nitrogens with two attached hydrogens (primary N) is 1. The molecule has 0 bridgehead atoms. The molecule has 0 aliphatic carbocycles. The molecule has 0 radical (unpaired) electrons. The maximum absolute atomic E-state index is 12.0. The van der Waals surface area contributed by atoms with Crippen molar-refractivity contribution in [2.75, 3.05) is 30.7 Å². The number of fused-ring (bicyclic) bond motifs is 1. The molecule has 1 aromatic carbocycles. The summed E-state index contributed by atoms with van der Waals surface area (Å²) < 4.78 is 0. The monoisotopic (exact) mass is 273 g/mol. The van der Waals surface area contributed by atoms with Crippen LogP contribution in [0.2, 0.25) is 0 Å². The summed E-state index contributed by atoms with van der Waals surface area (Å²) in [5.74, 6) is 0.702. The van der Waals surface area contributed by atoms with E-state index in [9.17, 15) is 4.79 Å². The highest BCUT2D eigenvalue weighted by atomic mass is 16.2. The quantitative estimate of drug-likeness (QED) is 0.806. The van der Waals surface area contributed by atoms with Crippen LogP contribution in [0, 0.1) is 0 Å². The Bertz CT molecular complexity index is 610. The first-order chi connectivity index (χ1) is 9.65. The first-order valence-corrected chi connectivity index (χ1v) is 6.67. The van der Waals surface area contributed by atoms with Crippen molar-refractivity contribution in [3.8, 4) is 0 Å². The van der Waals surface area contributed by atoms with Gasteiger partial charge in [0.1, 0.15) is 12.1 Å². The van der Waals surface area contributed by atoms with Crippen molar-refractivity contribution in [1.82, 2.24) is 14.9 Å². The van der Waals surface area contributed by atoms with Crippen LogP contribution in [-0.2, 0) is 4.79 Å². The minimum absolute atomic E-state index is 0.0530. The number of aromatic nitrogens is 2. The second-order valence-electron chi connectivity index (χ2n) is 4.42. The van der Waals surface area contributed by atoms with Crippen LogP contribution in [-0.4, -0.2) is 40.4 Å². The van der Waals surface area contributed by atoms with Gasteiger partial charge in [0.25, 0.3) is 0 Å². The SMILES string of the molecule is CCN(CC)C(=O)CNc1ncnc2cc(N)ccc12. The first-order valence-electron chi connectivity index (χ1n) is 6.67. The molecule has 0 aliphatic heterocycles. The fourth-order valence-electron chi connectivity index (χ4n) is 2.06. The van der Waals surface area contributed by atoms with E-state index < -0.39 is 0 Å². The van der Waals surface area contributed by atoms with Crippen LogP contribution in [0.3, 0.4) is 0 Å². The number of nitrogens with one attached hydrogen (secondary N) is 1. The van der Waals surface area contributed by atoms with Crippen molar-refractivity contribution in [3.63, 3.8) is 0 Å². The Hall–Kier alpha value is -2.37. The number of carbonyl (C=O) groups excluding carboxylic acids is 1. The van der Waals surface area contributed by atoms with E-state index in [1.54, 1.807) is 17.0 Å². The lowest BCUT2D eigenvalue weighted by Gasteiger charge is -2.19. The number of nitrogen functional groups attached to an aromatic ring is 1. The van der Waals surface area contributed by atoms with Gasteiger partial charge in [-0.2, -0.15) is 0 Å². The fourth-order valence-corrected chi connectivity index (χ4v) is 2.06. The number of rotatable bonds is 5. The van der Waals surface area contributed by atoms with E-state index in [2.05, 4.69) is 15.3 Å². The Kier molecular flexibility index (Phi) is 4.34. The van der Waals surface area contributed by atoms with E-state index in [4.69, 9.17) is 5.73 Å². The molecule has 2 aromatic rings. The van der Waals surface area contributed by atoms with Gasteiger partial charge in [0.15, 0.2) is 0 Å². The zero-order valence-corrected chi connectivity index (χ0v) is 11.8. The lowest BCUT2D eigenvalue weighted by Crippen LogP contribution is -2.35. The summed E-state index contributed by atoms with van der Waals surface area (Å²) >= 11 is 0. The molecular weight excluding hydrogens is 254 g/mol. The van der Waals surface area contributed by atoms with Crippen LogP contribution in [0.25, 0.3) is 10.9 Å². The maximum atomic E-state index is 12.0. The smallest absolute Gasteiger partial charge is 0.241 e. The first kappa shape index (κ1) is 14.0. The minimum atomic E-state index is 0.0530. The zero-order valence-electron chi connectivity index (χ0n) is 11.8. The minimum Gasteiger partial charge on any atom is -0.399 e. The van der Waals surface area contributed by atoms with E-state index in [0.29, 0.717) is 24.6 Å². The third-order valence-corrected chi connectivity index (χ3v) is 3.18. The number of hydrogen-bond acceptors (Lipinski definition) is 5. The Morgan fingerprint density at radius 3 is 2.75 bits per heavy atom. The topological polar surface area (TPSA) is 84.1 Å². The molecule has 0 aliphatic rings. The van der Waals surface area contributed by atoms with Crippen LogP contribution in [0.5, 0.6) is 0 Å². The van der Waals surface area contributed by atoms with E-state index in [1.807, 2.05) is 19.9 Å². The molecule has 106 valence electrons. The van der Waals surface area contributed by atoms with Gasteiger partial charge in [-0.1, -0.05) is 0 Å². The third-order valence-electron chi connectivity index (χ3n) is 3.18. The van der Waals surface area contributed by atoms with E-state index >= 15 is 0 Å². The molecule has 0 saturated carbocycles. The van der Waals surface area contributed by atoms with Crippen molar-refractivity contribution in [3.05, 3.63) is 24.5 Å². The number of hydrogen-bond donors (Lipinski definition) is 2. The largest absolute Gasteiger partial charge is 0.399 e. The molecule has 1 amide bonds. The highest BCUT2D eigenvalue weighted by Crippen LogP contribution is 2.20. The van der Waals surface area contributed by atoms with Crippen molar-refractivity contribution < 1.29 is 4.79 Å². The normalized spacial score (nSPS) is 10.5. The van der Waals surface area contributed by atoms with Gasteiger partial charge in [-0.3, -0.25) is 4.79 Å². The summed E-state index contributed by atoms with van der Waals surface area (Å²) in [4.78, 5) is 22.1. The number of likely N-dealkylation sites (N-methyl/N-ethyl adjacent to an activating group) is 1. The lowest BCUT2D eigenvalue weighted by atomic mass is 10.2. The number of amides is 1. The molecule has 3 N–H and O–H groups in total. The molecular formula is C14H19N5O. The van der Waals surface area contributed by atoms with Crippen molar-refractivity contribution >= 4 is 28.3 Å². The number of nitrogens with zero attached hydrogens (tertiary/aromatic N) is 3. The van der Waals surface area contributed by atoms with Gasteiger partial charge in [0, 0.05) is 24.2 Å². The van der Waals surface area contributed by atoms with Gasteiger partial charge in [-0.15, -0.1) is 0 Å². The molecule has 6 heteroatoms. The molecule has 2 rings (SSSR count). The van der Waals surface area contributed by atoms with Crippen molar-refractivity contribution in [1.29, 1.82) is 0 Å². The van der Waals surface area contributed by atoms with Crippen LogP contribution >= 0.6 is 0 Å². The summed E-state index contributed by atoms with van der Waals surface area (Å²) in [5, 5.41) is 3.93. The number of benzene rings is 1. The molecule has 0 atom stereocenters. The zero-order chi connectivity index (χ0) is 14.5. The summed E-state index contributed by atoms with van der Waals surface area (Å²) in [7, 11) is 0. The summed E-state index contributed by atoms with van der Waals surface area (Å²) in [6.45, 7) is 5.56. The van der Waals surface area contributed by atoms with Crippen LogP contribution in [0.15, 0.2) is 24.5 Å². The van der Waals surface area contributed by atoms with E-state index in [1.165, 1.54) is 6.33 Å². The van der Waals surface area contributed by atoms with Crippen molar-refractivity contribution in [2.24, 2.45) is 0 Å². The summed E-state index contributed by atoms with van der Waals surface area (Å²) in [6.07, 6.45) is 1.46. The van der Waals surface area contributed by atoms with Gasteiger partial charge in [-0.25, -0.2) is 9.97 Å². The highest BCUT2D eigenvalue weighted by Gasteiger charge is 2.10. The van der Waals surface area contributed by atoms with Gasteiger partial charge >= 0.3 is 0 Å². The molecule has 20 heavy (non-hydrogen) atoms. The average molecular weight is 273 g/mol. The third kappa shape index (κ3) is 2.96. The number of anilines is 2. The average Bonchev–Trinajstić information content (AvgIpc) is 2.45. The Labute approximate surface area is 118 Å². The van der Waals surface area contributed by atoms with Crippen LogP contribution in [0.4, 0.5) is 11.5 Å². The molecule has 0 spiro atoms. The predicted octanol–water partition coefficient (Wildman–Crippen LogP) is 1.49. The Balaban J connectivity index is 2.16. The van der Waals surface area contributed by atoms with Crippen molar-refractivity contribution in [2.45, 2.75) is 13.8 Å². The standard InChI is InChI=1S/C14H19N5O/c1-3-19(4-2)13(20)8-16-14-11-6-5-10(15)7-12(11)17-9-18-14/h5-7,9H,3-4,8,15H2,1-2H3,(H,16,17,18). The molecule has 6 nitrogen and oxygen atoms in total. The highest BCUT2D eigenvalue weighted by molar-refractivity contribution is 5.92. The van der Waals surface area contributed by atoms with E-state index in [-0.39, 0.29) is 12.5 Å². The van der Waals surface area contributed by atoms with Crippen LogP contribution in [0.1, 0.15) is 13.8 Å². The van der Waals surface area contributed by atoms with Gasteiger partial charge < -0.3 is 16.0 Å². The van der Waals surface area contributed by atoms with Gasteiger partial charge in [0.2, 0.25) is 5.91 Å². The Morgan fingerprint density at radius 1 is 1.30 bits per heavy atom. The molecule has 1 heterocycles. The van der Waals surface area contributed by atoms with E-state index in [0.717, 1.165) is 10.9 Å². The molecule has 0 saturated heterocycles. The Morgan fingerprint density at radius 2 is 2.05 bits per heavy atom. The summed E-state index contributed by atoms with van der Waals surface area (Å²) in [5.41, 5.74) is 7.15. The van der Waals surface area contributed by atoms with Gasteiger partial charge in [0.05, 0.1) is 12.1 Å². The van der Waals surface area contributed by atoms with Crippen LogP contribution < -0.4 is 11.1 Å². The molecule has 0 unspecified atom stereocenters.